The number of carbonyl (C=O) groups excluding carboxylic acids is 1. The number of rotatable bonds is 6. The molecule has 0 spiro atoms. The van der Waals surface area contributed by atoms with E-state index < -0.39 is 0 Å². The lowest BCUT2D eigenvalue weighted by molar-refractivity contribution is -0.120. The van der Waals surface area contributed by atoms with Gasteiger partial charge in [0.15, 0.2) is 0 Å². The van der Waals surface area contributed by atoms with Crippen molar-refractivity contribution in [1.82, 2.24) is 5.32 Å². The Hall–Kier alpha value is -1.73. The lowest BCUT2D eigenvalue weighted by Crippen LogP contribution is -2.37. The van der Waals surface area contributed by atoms with Gasteiger partial charge in [0.2, 0.25) is 5.91 Å². The predicted molar refractivity (Wildman–Crippen MR) is 77.2 cm³/mol. The molecule has 0 heterocycles. The number of benzene rings is 1. The van der Waals surface area contributed by atoms with Gasteiger partial charge in [-0.05, 0) is 31.0 Å². The van der Waals surface area contributed by atoms with Gasteiger partial charge in [0, 0.05) is 6.04 Å². The molecule has 4 nitrogen and oxygen atoms in total. The van der Waals surface area contributed by atoms with Crippen molar-refractivity contribution in [2.75, 3.05) is 11.9 Å². The summed E-state index contributed by atoms with van der Waals surface area (Å²) in [4.78, 5) is 11.7. The van der Waals surface area contributed by atoms with E-state index in [2.05, 4.69) is 10.6 Å². The van der Waals surface area contributed by atoms with Gasteiger partial charge in [0.05, 0.1) is 28.9 Å². The molecular formula is C14H18ClN3O. The van der Waals surface area contributed by atoms with Crippen LogP contribution in [0.25, 0.3) is 0 Å². The lowest BCUT2D eigenvalue weighted by atomic mass is 10.2. The molecule has 0 bridgehead atoms. The van der Waals surface area contributed by atoms with E-state index in [1.807, 2.05) is 19.9 Å². The summed E-state index contributed by atoms with van der Waals surface area (Å²) in [5.41, 5.74) is 1.15. The van der Waals surface area contributed by atoms with Gasteiger partial charge in [0.1, 0.15) is 0 Å². The van der Waals surface area contributed by atoms with Crippen LogP contribution in [0.5, 0.6) is 0 Å². The monoisotopic (exact) mass is 279 g/mol. The fourth-order valence-corrected chi connectivity index (χ4v) is 1.92. The molecule has 0 fully saturated rings. The van der Waals surface area contributed by atoms with Crippen LogP contribution in [-0.4, -0.2) is 18.5 Å². The third-order valence-electron chi connectivity index (χ3n) is 2.89. The van der Waals surface area contributed by atoms with Crippen LogP contribution in [0.2, 0.25) is 5.02 Å². The van der Waals surface area contributed by atoms with Crippen molar-refractivity contribution in [1.29, 1.82) is 5.26 Å². The molecule has 102 valence electrons. The van der Waals surface area contributed by atoms with E-state index in [1.165, 1.54) is 0 Å². The van der Waals surface area contributed by atoms with Crippen molar-refractivity contribution < 1.29 is 4.79 Å². The number of nitrogens with zero attached hydrogens (tertiary/aromatic N) is 1. The molecule has 1 amide bonds. The fraction of sp³-hybridized carbons (Fsp3) is 0.429. The highest BCUT2D eigenvalue weighted by molar-refractivity contribution is 6.33. The maximum atomic E-state index is 11.7. The van der Waals surface area contributed by atoms with Crippen molar-refractivity contribution in [2.45, 2.75) is 32.7 Å². The summed E-state index contributed by atoms with van der Waals surface area (Å²) in [6, 6.07) is 7.15. The number of carbonyl (C=O) groups is 1. The molecule has 0 aliphatic heterocycles. The zero-order valence-electron chi connectivity index (χ0n) is 11.2. The molecule has 0 aromatic heterocycles. The van der Waals surface area contributed by atoms with Gasteiger partial charge in [-0.25, -0.2) is 0 Å². The Labute approximate surface area is 118 Å². The van der Waals surface area contributed by atoms with E-state index in [-0.39, 0.29) is 18.5 Å². The minimum Gasteiger partial charge on any atom is -0.375 e. The van der Waals surface area contributed by atoms with Crippen molar-refractivity contribution in [2.24, 2.45) is 0 Å². The standard InChI is InChI=1S/C14H18ClN3O/c1-3-11(4-2)18-14(19)9-17-13-6-5-10(8-16)7-12(13)15/h5-7,11,17H,3-4,9H2,1-2H3,(H,18,19). The second-order valence-corrected chi connectivity index (χ2v) is 4.65. The van der Waals surface area contributed by atoms with Crippen molar-refractivity contribution >= 4 is 23.2 Å². The first kappa shape index (κ1) is 15.3. The average molecular weight is 280 g/mol. The second-order valence-electron chi connectivity index (χ2n) is 4.24. The van der Waals surface area contributed by atoms with Gasteiger partial charge >= 0.3 is 0 Å². The molecule has 1 aromatic rings. The van der Waals surface area contributed by atoms with Gasteiger partial charge in [-0.3, -0.25) is 4.79 Å². The SMILES string of the molecule is CCC(CC)NC(=O)CNc1ccc(C#N)cc1Cl. The Morgan fingerprint density at radius 3 is 2.63 bits per heavy atom. The van der Waals surface area contributed by atoms with Crippen molar-refractivity contribution in [3.63, 3.8) is 0 Å². The fourth-order valence-electron chi connectivity index (χ4n) is 1.68. The summed E-state index contributed by atoms with van der Waals surface area (Å²) in [5, 5.41) is 15.1. The van der Waals surface area contributed by atoms with Crippen LogP contribution in [0.1, 0.15) is 32.3 Å². The van der Waals surface area contributed by atoms with Crippen LogP contribution < -0.4 is 10.6 Å². The number of halogens is 1. The molecule has 19 heavy (non-hydrogen) atoms. The zero-order chi connectivity index (χ0) is 14.3. The Kier molecular flexibility index (Phi) is 6.17. The summed E-state index contributed by atoms with van der Waals surface area (Å²) in [6.07, 6.45) is 1.83. The minimum atomic E-state index is -0.0610. The molecule has 1 aromatic carbocycles. The summed E-state index contributed by atoms with van der Waals surface area (Å²) in [7, 11) is 0. The Morgan fingerprint density at radius 2 is 2.11 bits per heavy atom. The molecule has 0 saturated carbocycles. The molecule has 0 radical (unpaired) electrons. The summed E-state index contributed by atoms with van der Waals surface area (Å²) >= 11 is 6.01. The average Bonchev–Trinajstić information content (AvgIpc) is 2.43. The second kappa shape index (κ2) is 7.65. The molecule has 0 aliphatic carbocycles. The quantitative estimate of drug-likeness (QED) is 0.841. The number of hydrogen-bond acceptors (Lipinski definition) is 3. The van der Waals surface area contributed by atoms with E-state index in [9.17, 15) is 4.79 Å². The normalized spacial score (nSPS) is 10.1. The van der Waals surface area contributed by atoms with Crippen LogP contribution in [0.3, 0.4) is 0 Å². The lowest BCUT2D eigenvalue weighted by Gasteiger charge is -2.15. The van der Waals surface area contributed by atoms with E-state index in [4.69, 9.17) is 16.9 Å². The van der Waals surface area contributed by atoms with Gasteiger partial charge in [-0.1, -0.05) is 25.4 Å². The van der Waals surface area contributed by atoms with Gasteiger partial charge in [-0.15, -0.1) is 0 Å². The Bertz CT molecular complexity index is 478. The van der Waals surface area contributed by atoms with Gasteiger partial charge in [-0.2, -0.15) is 5.26 Å². The largest absolute Gasteiger partial charge is 0.375 e. The van der Waals surface area contributed by atoms with Crippen molar-refractivity contribution in [3.8, 4) is 6.07 Å². The number of hydrogen-bond donors (Lipinski definition) is 2. The topological polar surface area (TPSA) is 64.9 Å². The molecule has 2 N–H and O–H groups in total. The number of anilines is 1. The number of amides is 1. The Balaban J connectivity index is 2.53. The van der Waals surface area contributed by atoms with E-state index >= 15 is 0 Å². The first-order valence-electron chi connectivity index (χ1n) is 6.33. The molecule has 5 heteroatoms. The maximum absolute atomic E-state index is 11.7. The number of nitriles is 1. The molecular weight excluding hydrogens is 262 g/mol. The molecule has 0 saturated heterocycles. The Morgan fingerprint density at radius 1 is 1.42 bits per heavy atom. The molecule has 0 unspecified atom stereocenters. The maximum Gasteiger partial charge on any atom is 0.239 e. The van der Waals surface area contributed by atoms with Crippen LogP contribution in [0, 0.1) is 11.3 Å². The first-order chi connectivity index (χ1) is 9.10. The highest BCUT2D eigenvalue weighted by Crippen LogP contribution is 2.22. The van der Waals surface area contributed by atoms with Crippen LogP contribution >= 0.6 is 11.6 Å². The highest BCUT2D eigenvalue weighted by atomic mass is 35.5. The summed E-state index contributed by atoms with van der Waals surface area (Å²) in [5.74, 6) is -0.0610. The van der Waals surface area contributed by atoms with Crippen LogP contribution in [0.4, 0.5) is 5.69 Å². The molecule has 0 atom stereocenters. The van der Waals surface area contributed by atoms with Gasteiger partial charge < -0.3 is 10.6 Å². The van der Waals surface area contributed by atoms with Gasteiger partial charge in [0.25, 0.3) is 0 Å². The highest BCUT2D eigenvalue weighted by Gasteiger charge is 2.09. The minimum absolute atomic E-state index is 0.0610. The van der Waals surface area contributed by atoms with Crippen molar-refractivity contribution in [3.05, 3.63) is 28.8 Å². The zero-order valence-corrected chi connectivity index (χ0v) is 11.9. The van der Waals surface area contributed by atoms with E-state index in [0.29, 0.717) is 16.3 Å². The predicted octanol–water partition coefficient (Wildman–Crippen LogP) is 2.93. The smallest absolute Gasteiger partial charge is 0.239 e. The van der Waals surface area contributed by atoms with Crippen LogP contribution in [0.15, 0.2) is 18.2 Å². The van der Waals surface area contributed by atoms with E-state index in [1.54, 1.807) is 18.2 Å². The molecule has 1 rings (SSSR count). The third-order valence-corrected chi connectivity index (χ3v) is 3.20. The van der Waals surface area contributed by atoms with Crippen LogP contribution in [-0.2, 0) is 4.79 Å². The number of nitrogens with one attached hydrogen (secondary N) is 2. The summed E-state index contributed by atoms with van der Waals surface area (Å²) < 4.78 is 0. The van der Waals surface area contributed by atoms with E-state index in [0.717, 1.165) is 12.8 Å². The first-order valence-corrected chi connectivity index (χ1v) is 6.71. The summed E-state index contributed by atoms with van der Waals surface area (Å²) in [6.45, 7) is 4.25. The molecule has 0 aliphatic rings. The third kappa shape index (κ3) is 4.80.